The summed E-state index contributed by atoms with van der Waals surface area (Å²) in [5, 5.41) is 4.22. The first-order valence-corrected chi connectivity index (χ1v) is 10.1. The van der Waals surface area contributed by atoms with E-state index < -0.39 is 9.84 Å². The Balaban J connectivity index is 1.58. The van der Waals surface area contributed by atoms with Gasteiger partial charge in [0.2, 0.25) is 5.91 Å². The Morgan fingerprint density at radius 1 is 1.32 bits per heavy atom. The van der Waals surface area contributed by atoms with Crippen LogP contribution in [0.3, 0.4) is 0 Å². The van der Waals surface area contributed by atoms with Crippen molar-refractivity contribution in [2.24, 2.45) is 11.0 Å². The molecule has 0 radical (unpaired) electrons. The van der Waals surface area contributed by atoms with Crippen molar-refractivity contribution in [2.75, 3.05) is 26.0 Å². The molecule has 136 valence electrons. The Morgan fingerprint density at radius 3 is 2.64 bits per heavy atom. The quantitative estimate of drug-likeness (QED) is 0.843. The summed E-state index contributed by atoms with van der Waals surface area (Å²) < 4.78 is 28.7. The topological polar surface area (TPSA) is 88.1 Å². The minimum Gasteiger partial charge on any atom is -0.492 e. The van der Waals surface area contributed by atoms with Crippen molar-refractivity contribution in [1.82, 2.24) is 10.3 Å². The van der Waals surface area contributed by atoms with Crippen molar-refractivity contribution >= 4 is 21.5 Å². The molecule has 25 heavy (non-hydrogen) atoms. The molecule has 1 unspecified atom stereocenters. The third-order valence-corrected chi connectivity index (χ3v) is 6.05. The number of hydrazone groups is 1. The van der Waals surface area contributed by atoms with Crippen LogP contribution in [-0.4, -0.2) is 56.4 Å². The van der Waals surface area contributed by atoms with E-state index in [1.165, 1.54) is 6.26 Å². The Labute approximate surface area is 148 Å². The molecule has 1 fully saturated rings. The van der Waals surface area contributed by atoms with E-state index in [9.17, 15) is 13.2 Å². The lowest BCUT2D eigenvalue weighted by Gasteiger charge is -2.43. The summed E-state index contributed by atoms with van der Waals surface area (Å²) in [7, 11) is -3.20. The maximum absolute atomic E-state index is 11.8. The third-order valence-electron chi connectivity index (χ3n) is 4.92. The fraction of sp³-hybridized carbons (Fsp3) is 0.529. The summed E-state index contributed by atoms with van der Waals surface area (Å²) in [6, 6.07) is 6.42. The molecule has 2 aliphatic heterocycles. The highest BCUT2D eigenvalue weighted by Gasteiger charge is 2.46. The number of ether oxygens (including phenoxy) is 1. The van der Waals surface area contributed by atoms with Gasteiger partial charge in [-0.25, -0.2) is 13.8 Å². The molecule has 7 nitrogen and oxygen atoms in total. The van der Waals surface area contributed by atoms with Crippen LogP contribution < -0.4 is 10.2 Å². The van der Waals surface area contributed by atoms with E-state index in [-0.39, 0.29) is 22.3 Å². The summed E-state index contributed by atoms with van der Waals surface area (Å²) >= 11 is 0. The summed E-state index contributed by atoms with van der Waals surface area (Å²) in [5.41, 5.74) is 3.17. The molecule has 2 aliphatic rings. The Kier molecular flexibility index (Phi) is 4.59. The standard InChI is InChI=1S/C17H23N3O4S/c1-17(2)15-14(16(21)19-18-15)8-9-20(17)10-11-24-12-4-6-13(7-5-12)25(3,22)23/h4-7,14H,8-11H2,1-3H3,(H,19,21). The fourth-order valence-corrected chi connectivity index (χ4v) is 4.03. The monoisotopic (exact) mass is 365 g/mol. The zero-order valence-electron chi connectivity index (χ0n) is 14.7. The molecule has 0 aliphatic carbocycles. The predicted octanol–water partition coefficient (Wildman–Crippen LogP) is 1.06. The van der Waals surface area contributed by atoms with Crippen LogP contribution in [0.5, 0.6) is 5.75 Å². The molecule has 1 saturated heterocycles. The van der Waals surface area contributed by atoms with Gasteiger partial charge < -0.3 is 4.74 Å². The number of amides is 1. The Hall–Kier alpha value is -1.93. The van der Waals surface area contributed by atoms with Crippen LogP contribution in [0.4, 0.5) is 0 Å². The van der Waals surface area contributed by atoms with E-state index in [0.29, 0.717) is 18.9 Å². The first-order chi connectivity index (χ1) is 11.7. The van der Waals surface area contributed by atoms with Crippen LogP contribution in [0.1, 0.15) is 20.3 Å². The summed E-state index contributed by atoms with van der Waals surface area (Å²) in [6.07, 6.45) is 1.94. The zero-order chi connectivity index (χ0) is 18.2. The van der Waals surface area contributed by atoms with Gasteiger partial charge in [0, 0.05) is 19.3 Å². The predicted molar refractivity (Wildman–Crippen MR) is 94.4 cm³/mol. The lowest BCUT2D eigenvalue weighted by Crippen LogP contribution is -2.58. The van der Waals surface area contributed by atoms with Gasteiger partial charge in [0.1, 0.15) is 12.4 Å². The van der Waals surface area contributed by atoms with Gasteiger partial charge in [0.15, 0.2) is 9.84 Å². The number of nitrogens with one attached hydrogen (secondary N) is 1. The van der Waals surface area contributed by atoms with E-state index in [1.54, 1.807) is 24.3 Å². The number of hydrogen-bond acceptors (Lipinski definition) is 6. The normalized spacial score (nSPS) is 22.9. The summed E-state index contributed by atoms with van der Waals surface area (Å²) in [5.74, 6) is 0.510. The average Bonchev–Trinajstić information content (AvgIpc) is 2.92. The second-order valence-corrected chi connectivity index (χ2v) is 8.97. The van der Waals surface area contributed by atoms with Gasteiger partial charge in [-0.1, -0.05) is 0 Å². The van der Waals surface area contributed by atoms with Gasteiger partial charge in [-0.3, -0.25) is 9.69 Å². The first kappa shape index (κ1) is 17.9. The molecule has 1 aromatic rings. The number of carbonyl (C=O) groups is 1. The highest BCUT2D eigenvalue weighted by Crippen LogP contribution is 2.31. The minimum atomic E-state index is -3.20. The lowest BCUT2D eigenvalue weighted by atomic mass is 9.80. The molecule has 0 bridgehead atoms. The van der Waals surface area contributed by atoms with Gasteiger partial charge in [-0.15, -0.1) is 0 Å². The van der Waals surface area contributed by atoms with Crippen molar-refractivity contribution in [1.29, 1.82) is 0 Å². The SMILES string of the molecule is CC1(C)C2=NNC(=O)C2CCN1CCOc1ccc(S(C)(=O)=O)cc1. The van der Waals surface area contributed by atoms with Gasteiger partial charge in [0.05, 0.1) is 22.1 Å². The van der Waals surface area contributed by atoms with Gasteiger partial charge in [-0.05, 0) is 44.5 Å². The van der Waals surface area contributed by atoms with Crippen LogP contribution in [0, 0.1) is 5.92 Å². The molecule has 0 spiro atoms. The minimum absolute atomic E-state index is 0.00931. The molecule has 1 aromatic carbocycles. The smallest absolute Gasteiger partial charge is 0.249 e. The van der Waals surface area contributed by atoms with E-state index in [4.69, 9.17) is 4.74 Å². The van der Waals surface area contributed by atoms with Crippen molar-refractivity contribution in [3.63, 3.8) is 0 Å². The molecule has 0 saturated carbocycles. The number of rotatable bonds is 5. The summed E-state index contributed by atoms with van der Waals surface area (Å²) in [4.78, 5) is 14.3. The molecule has 8 heteroatoms. The molecule has 1 atom stereocenters. The van der Waals surface area contributed by atoms with Crippen LogP contribution in [0.2, 0.25) is 0 Å². The zero-order valence-corrected chi connectivity index (χ0v) is 15.5. The maximum Gasteiger partial charge on any atom is 0.249 e. The number of piperidine rings is 1. The third kappa shape index (κ3) is 3.55. The number of nitrogens with zero attached hydrogens (tertiary/aromatic N) is 2. The lowest BCUT2D eigenvalue weighted by molar-refractivity contribution is -0.122. The Bertz CT molecular complexity index is 800. The van der Waals surface area contributed by atoms with Crippen LogP contribution in [0.15, 0.2) is 34.3 Å². The number of hydrogen-bond donors (Lipinski definition) is 1. The van der Waals surface area contributed by atoms with E-state index in [1.807, 2.05) is 0 Å². The van der Waals surface area contributed by atoms with E-state index in [2.05, 4.69) is 29.3 Å². The van der Waals surface area contributed by atoms with Crippen molar-refractivity contribution in [3.8, 4) is 5.75 Å². The van der Waals surface area contributed by atoms with Gasteiger partial charge in [0.25, 0.3) is 0 Å². The second kappa shape index (κ2) is 6.42. The van der Waals surface area contributed by atoms with Gasteiger partial charge >= 0.3 is 0 Å². The van der Waals surface area contributed by atoms with E-state index >= 15 is 0 Å². The maximum atomic E-state index is 11.8. The van der Waals surface area contributed by atoms with Crippen LogP contribution in [-0.2, 0) is 14.6 Å². The number of carbonyl (C=O) groups excluding carboxylic acids is 1. The number of likely N-dealkylation sites (tertiary alicyclic amines) is 1. The van der Waals surface area contributed by atoms with E-state index in [0.717, 1.165) is 18.7 Å². The molecule has 0 aromatic heterocycles. The molecular weight excluding hydrogens is 342 g/mol. The average molecular weight is 365 g/mol. The molecule has 1 amide bonds. The molecule has 1 N–H and O–H groups in total. The van der Waals surface area contributed by atoms with Crippen molar-refractivity contribution in [2.45, 2.75) is 30.7 Å². The fourth-order valence-electron chi connectivity index (χ4n) is 3.40. The van der Waals surface area contributed by atoms with Crippen molar-refractivity contribution in [3.05, 3.63) is 24.3 Å². The molecular formula is C17H23N3O4S. The largest absolute Gasteiger partial charge is 0.492 e. The molecule has 2 heterocycles. The van der Waals surface area contributed by atoms with Crippen LogP contribution >= 0.6 is 0 Å². The second-order valence-electron chi connectivity index (χ2n) is 6.95. The Morgan fingerprint density at radius 2 is 2.00 bits per heavy atom. The van der Waals surface area contributed by atoms with Crippen LogP contribution in [0.25, 0.3) is 0 Å². The number of benzene rings is 1. The van der Waals surface area contributed by atoms with Gasteiger partial charge in [-0.2, -0.15) is 5.10 Å². The summed E-state index contributed by atoms with van der Waals surface area (Å²) in [6.45, 7) is 6.11. The number of sulfone groups is 1. The first-order valence-electron chi connectivity index (χ1n) is 8.25. The highest BCUT2D eigenvalue weighted by molar-refractivity contribution is 7.90. The van der Waals surface area contributed by atoms with Crippen molar-refractivity contribution < 1.29 is 17.9 Å². The molecule has 3 rings (SSSR count). The highest BCUT2D eigenvalue weighted by atomic mass is 32.2. The number of fused-ring (bicyclic) bond motifs is 1.